The molecule has 0 atom stereocenters. The molecule has 19 heavy (non-hydrogen) atoms. The summed E-state index contributed by atoms with van der Waals surface area (Å²) in [4.78, 5) is 29.2. The molecule has 0 saturated heterocycles. The van der Waals surface area contributed by atoms with Crippen molar-refractivity contribution in [2.24, 2.45) is 0 Å². The van der Waals surface area contributed by atoms with Crippen LogP contribution in [0.1, 0.15) is 6.92 Å². The fourth-order valence-corrected chi connectivity index (χ4v) is 1.75. The third-order valence-corrected chi connectivity index (χ3v) is 2.78. The van der Waals surface area contributed by atoms with Crippen LogP contribution in [-0.2, 0) is 4.79 Å². The molecule has 0 fully saturated rings. The Hall–Kier alpha value is -2.38. The first-order valence-electron chi connectivity index (χ1n) is 6.04. The Morgan fingerprint density at radius 3 is 2.84 bits per heavy atom. The van der Waals surface area contributed by atoms with Crippen LogP contribution in [0.25, 0.3) is 11.2 Å². The standard InChI is InChI=1S/C11H17N7O/c1-4-18(5-7(19)12-2)10-8-9(15-6-14-8)16-11(13-3)17-10/h6H,4-5H2,1-3H3,(H,12,19)(H2,13,14,15,16,17). The highest BCUT2D eigenvalue weighted by molar-refractivity contribution is 5.88. The first-order chi connectivity index (χ1) is 9.19. The summed E-state index contributed by atoms with van der Waals surface area (Å²) in [5.74, 6) is 1.07. The molecule has 0 spiro atoms. The van der Waals surface area contributed by atoms with Crippen molar-refractivity contribution in [3.63, 3.8) is 0 Å². The molecule has 2 rings (SSSR count). The first-order valence-corrected chi connectivity index (χ1v) is 6.04. The van der Waals surface area contributed by atoms with Gasteiger partial charge in [-0.25, -0.2) is 4.98 Å². The maximum absolute atomic E-state index is 11.5. The number of H-pyrrole nitrogens is 1. The molecule has 0 bridgehead atoms. The van der Waals surface area contributed by atoms with Crippen molar-refractivity contribution >= 4 is 28.8 Å². The number of anilines is 2. The number of carbonyl (C=O) groups is 1. The van der Waals surface area contributed by atoms with Gasteiger partial charge in [0.1, 0.15) is 5.52 Å². The third-order valence-electron chi connectivity index (χ3n) is 2.78. The van der Waals surface area contributed by atoms with Gasteiger partial charge in [0.05, 0.1) is 12.9 Å². The van der Waals surface area contributed by atoms with E-state index in [0.717, 1.165) is 5.52 Å². The number of rotatable bonds is 5. The average Bonchev–Trinajstić information content (AvgIpc) is 2.91. The number of hydrogen-bond donors (Lipinski definition) is 3. The molecule has 3 N–H and O–H groups in total. The number of nitrogens with zero attached hydrogens (tertiary/aromatic N) is 4. The smallest absolute Gasteiger partial charge is 0.239 e. The number of aromatic amines is 1. The zero-order valence-corrected chi connectivity index (χ0v) is 11.2. The number of fused-ring (bicyclic) bond motifs is 1. The summed E-state index contributed by atoms with van der Waals surface area (Å²) in [6.07, 6.45) is 1.57. The van der Waals surface area contributed by atoms with E-state index in [1.54, 1.807) is 20.4 Å². The molecule has 0 aromatic carbocycles. The highest BCUT2D eigenvalue weighted by atomic mass is 16.1. The fourth-order valence-electron chi connectivity index (χ4n) is 1.75. The molecule has 0 unspecified atom stereocenters. The van der Waals surface area contributed by atoms with E-state index >= 15 is 0 Å². The number of hydrogen-bond acceptors (Lipinski definition) is 6. The molecule has 2 heterocycles. The van der Waals surface area contributed by atoms with E-state index in [1.807, 2.05) is 11.8 Å². The molecule has 0 aliphatic heterocycles. The molecule has 0 aliphatic carbocycles. The molecule has 2 aromatic heterocycles. The van der Waals surface area contributed by atoms with E-state index in [9.17, 15) is 4.79 Å². The number of carbonyl (C=O) groups excluding carboxylic acids is 1. The minimum absolute atomic E-state index is 0.0702. The van der Waals surface area contributed by atoms with Crippen molar-refractivity contribution < 1.29 is 4.79 Å². The van der Waals surface area contributed by atoms with E-state index < -0.39 is 0 Å². The SMILES string of the molecule is CCN(CC(=O)NC)c1nc(NC)nc2nc[nH]c12. The van der Waals surface area contributed by atoms with E-state index in [1.165, 1.54) is 0 Å². The lowest BCUT2D eigenvalue weighted by molar-refractivity contribution is -0.119. The Morgan fingerprint density at radius 1 is 1.42 bits per heavy atom. The average molecular weight is 263 g/mol. The predicted octanol–water partition coefficient (Wildman–Crippen LogP) is -0.0331. The summed E-state index contributed by atoms with van der Waals surface area (Å²) in [7, 11) is 3.35. The molecule has 0 aliphatic rings. The summed E-state index contributed by atoms with van der Waals surface area (Å²) in [5.41, 5.74) is 1.30. The summed E-state index contributed by atoms with van der Waals surface area (Å²) in [5, 5.41) is 5.50. The van der Waals surface area contributed by atoms with Crippen LogP contribution >= 0.6 is 0 Å². The molecule has 2 aromatic rings. The van der Waals surface area contributed by atoms with Crippen molar-refractivity contribution in [2.45, 2.75) is 6.92 Å². The minimum atomic E-state index is -0.0702. The second-order valence-electron chi connectivity index (χ2n) is 3.91. The topological polar surface area (TPSA) is 98.8 Å². The van der Waals surface area contributed by atoms with Gasteiger partial charge in [-0.05, 0) is 6.92 Å². The molecular formula is C11H17N7O. The molecule has 8 heteroatoms. The lowest BCUT2D eigenvalue weighted by Gasteiger charge is -2.21. The maximum Gasteiger partial charge on any atom is 0.239 e. The lowest BCUT2D eigenvalue weighted by atomic mass is 10.4. The Bertz CT molecular complexity index is 579. The Labute approximate surface area is 110 Å². The van der Waals surface area contributed by atoms with Crippen LogP contribution in [0.15, 0.2) is 6.33 Å². The van der Waals surface area contributed by atoms with E-state index in [2.05, 4.69) is 30.6 Å². The van der Waals surface area contributed by atoms with Gasteiger partial charge in [-0.15, -0.1) is 0 Å². The van der Waals surface area contributed by atoms with E-state index in [-0.39, 0.29) is 12.5 Å². The van der Waals surface area contributed by atoms with Gasteiger partial charge in [-0.2, -0.15) is 9.97 Å². The van der Waals surface area contributed by atoms with Crippen LogP contribution in [0.5, 0.6) is 0 Å². The quantitative estimate of drug-likeness (QED) is 0.700. The van der Waals surface area contributed by atoms with E-state index in [0.29, 0.717) is 24.0 Å². The number of likely N-dealkylation sites (N-methyl/N-ethyl adjacent to an activating group) is 2. The van der Waals surface area contributed by atoms with Crippen LogP contribution in [0, 0.1) is 0 Å². The fraction of sp³-hybridized carbons (Fsp3) is 0.455. The van der Waals surface area contributed by atoms with Gasteiger partial charge in [0, 0.05) is 20.6 Å². The van der Waals surface area contributed by atoms with Gasteiger partial charge in [-0.1, -0.05) is 0 Å². The second kappa shape index (κ2) is 5.51. The van der Waals surface area contributed by atoms with Gasteiger partial charge in [0.25, 0.3) is 0 Å². The second-order valence-corrected chi connectivity index (χ2v) is 3.91. The number of nitrogens with one attached hydrogen (secondary N) is 3. The molecule has 8 nitrogen and oxygen atoms in total. The van der Waals surface area contributed by atoms with Crippen LogP contribution in [0.4, 0.5) is 11.8 Å². The van der Waals surface area contributed by atoms with Crippen molar-refractivity contribution in [1.82, 2.24) is 25.3 Å². The highest BCUT2D eigenvalue weighted by Gasteiger charge is 2.16. The van der Waals surface area contributed by atoms with Crippen LogP contribution in [-0.4, -0.2) is 53.0 Å². The van der Waals surface area contributed by atoms with Crippen molar-refractivity contribution in [3.8, 4) is 0 Å². The van der Waals surface area contributed by atoms with Crippen LogP contribution in [0.3, 0.4) is 0 Å². The lowest BCUT2D eigenvalue weighted by Crippen LogP contribution is -2.36. The Kier molecular flexibility index (Phi) is 3.79. The molecule has 1 amide bonds. The summed E-state index contributed by atoms with van der Waals surface area (Å²) in [6.45, 7) is 2.86. The highest BCUT2D eigenvalue weighted by Crippen LogP contribution is 2.22. The zero-order valence-electron chi connectivity index (χ0n) is 11.2. The van der Waals surface area contributed by atoms with Crippen molar-refractivity contribution in [1.29, 1.82) is 0 Å². The molecular weight excluding hydrogens is 246 g/mol. The maximum atomic E-state index is 11.5. The Balaban J connectivity index is 2.45. The number of amides is 1. The molecule has 102 valence electrons. The van der Waals surface area contributed by atoms with Gasteiger partial charge < -0.3 is 20.5 Å². The third kappa shape index (κ3) is 2.56. The Morgan fingerprint density at radius 2 is 2.21 bits per heavy atom. The van der Waals surface area contributed by atoms with Gasteiger partial charge >= 0.3 is 0 Å². The zero-order chi connectivity index (χ0) is 13.8. The first kappa shape index (κ1) is 13.1. The van der Waals surface area contributed by atoms with Crippen molar-refractivity contribution in [2.75, 3.05) is 37.4 Å². The van der Waals surface area contributed by atoms with Crippen molar-refractivity contribution in [3.05, 3.63) is 6.33 Å². The van der Waals surface area contributed by atoms with Crippen LogP contribution in [0.2, 0.25) is 0 Å². The monoisotopic (exact) mass is 263 g/mol. The number of aromatic nitrogens is 4. The van der Waals surface area contributed by atoms with Gasteiger partial charge in [-0.3, -0.25) is 4.79 Å². The predicted molar refractivity (Wildman–Crippen MR) is 73.2 cm³/mol. The van der Waals surface area contributed by atoms with Gasteiger partial charge in [0.2, 0.25) is 11.9 Å². The molecule has 0 saturated carbocycles. The van der Waals surface area contributed by atoms with Crippen LogP contribution < -0.4 is 15.5 Å². The summed E-state index contributed by atoms with van der Waals surface area (Å²) >= 11 is 0. The van der Waals surface area contributed by atoms with Gasteiger partial charge in [0.15, 0.2) is 11.5 Å². The normalized spacial score (nSPS) is 10.5. The summed E-state index contributed by atoms with van der Waals surface area (Å²) < 4.78 is 0. The summed E-state index contributed by atoms with van der Waals surface area (Å²) in [6, 6.07) is 0. The number of imidazole rings is 1. The largest absolute Gasteiger partial charge is 0.358 e. The minimum Gasteiger partial charge on any atom is -0.358 e. The van der Waals surface area contributed by atoms with E-state index in [4.69, 9.17) is 0 Å². The molecule has 0 radical (unpaired) electrons.